The predicted octanol–water partition coefficient (Wildman–Crippen LogP) is 2.62. The number of nitrogens with one attached hydrogen (secondary N) is 1. The molecule has 0 saturated heterocycles. The quantitative estimate of drug-likeness (QED) is 0.943. The molecule has 1 aliphatic rings. The highest BCUT2D eigenvalue weighted by molar-refractivity contribution is 7.85. The molecule has 0 unspecified atom stereocenters. The maximum absolute atomic E-state index is 13.8. The lowest BCUT2D eigenvalue weighted by Gasteiger charge is -2.21. The first-order valence-electron chi connectivity index (χ1n) is 6.73. The van der Waals surface area contributed by atoms with E-state index in [1.165, 1.54) is 12.1 Å². The molecular weight excluding hydrogens is 309 g/mol. The van der Waals surface area contributed by atoms with E-state index in [1.54, 1.807) is 24.3 Å². The normalized spacial score (nSPS) is 15.7. The molecule has 0 aliphatic carbocycles. The van der Waals surface area contributed by atoms with Gasteiger partial charge < -0.3 is 8.92 Å². The largest absolute Gasteiger partial charge is 0.494 e. The zero-order chi connectivity index (χ0) is 15.7. The summed E-state index contributed by atoms with van der Waals surface area (Å²) in [6.45, 7) is 2.42. The van der Waals surface area contributed by atoms with Crippen LogP contribution in [0.25, 0.3) is 11.1 Å². The highest BCUT2D eigenvalue weighted by Crippen LogP contribution is 2.37. The second kappa shape index (κ2) is 5.58. The lowest BCUT2D eigenvalue weighted by Crippen LogP contribution is -2.32. The van der Waals surface area contributed by atoms with Crippen LogP contribution in [0.3, 0.4) is 0 Å². The molecule has 0 aromatic heterocycles. The Morgan fingerprint density at radius 3 is 2.68 bits per heavy atom. The average Bonchev–Trinajstić information content (AvgIpc) is 2.48. The zero-order valence-electron chi connectivity index (χ0n) is 11.8. The number of benzene rings is 2. The number of hydrogen-bond acceptors (Lipinski definition) is 4. The van der Waals surface area contributed by atoms with Crippen molar-refractivity contribution in [2.24, 2.45) is 0 Å². The van der Waals surface area contributed by atoms with Crippen molar-refractivity contribution in [2.75, 3.05) is 6.61 Å². The zero-order valence-corrected chi connectivity index (χ0v) is 12.6. The lowest BCUT2D eigenvalue weighted by molar-refractivity contribution is 0.340. The van der Waals surface area contributed by atoms with Gasteiger partial charge in [-0.05, 0) is 36.8 Å². The van der Waals surface area contributed by atoms with E-state index in [0.29, 0.717) is 29.0 Å². The van der Waals surface area contributed by atoms with E-state index in [-0.39, 0.29) is 12.3 Å². The topological polar surface area (TPSA) is 64.6 Å². The van der Waals surface area contributed by atoms with Crippen molar-refractivity contribution in [1.82, 2.24) is 4.72 Å². The molecule has 1 heterocycles. The fraction of sp³-hybridized carbons (Fsp3) is 0.200. The number of halogens is 1. The Bertz CT molecular complexity index is 803. The van der Waals surface area contributed by atoms with Gasteiger partial charge in [0.15, 0.2) is 5.75 Å². The fourth-order valence-corrected chi connectivity index (χ4v) is 3.10. The van der Waals surface area contributed by atoms with Crippen LogP contribution in [0.1, 0.15) is 12.5 Å². The molecule has 7 heteroatoms. The molecule has 1 aliphatic heterocycles. The van der Waals surface area contributed by atoms with Gasteiger partial charge in [0.2, 0.25) is 0 Å². The molecule has 0 amide bonds. The summed E-state index contributed by atoms with van der Waals surface area (Å²) in [6.07, 6.45) is 0. The molecule has 0 fully saturated rings. The molecule has 0 spiro atoms. The molecule has 3 rings (SSSR count). The molecule has 0 atom stereocenters. The van der Waals surface area contributed by atoms with Gasteiger partial charge in [0.25, 0.3) is 0 Å². The Labute approximate surface area is 127 Å². The van der Waals surface area contributed by atoms with E-state index in [0.717, 1.165) is 0 Å². The van der Waals surface area contributed by atoms with Crippen LogP contribution in [0.15, 0.2) is 36.4 Å². The van der Waals surface area contributed by atoms with Gasteiger partial charge in [-0.1, -0.05) is 12.1 Å². The Balaban J connectivity index is 2.08. The first-order valence-corrected chi connectivity index (χ1v) is 8.14. The average molecular weight is 323 g/mol. The number of ether oxygens (including phenoxy) is 1. The monoisotopic (exact) mass is 323 g/mol. The van der Waals surface area contributed by atoms with Crippen LogP contribution in [0.4, 0.5) is 4.39 Å². The summed E-state index contributed by atoms with van der Waals surface area (Å²) in [5, 5.41) is 0. The predicted molar refractivity (Wildman–Crippen MR) is 79.4 cm³/mol. The summed E-state index contributed by atoms with van der Waals surface area (Å²) in [6, 6.07) is 9.47. The minimum Gasteiger partial charge on any atom is -0.494 e. The van der Waals surface area contributed by atoms with Crippen LogP contribution in [-0.2, 0) is 16.8 Å². The van der Waals surface area contributed by atoms with E-state index in [4.69, 9.17) is 8.92 Å². The number of fused-ring (bicyclic) bond motifs is 1. The smallest absolute Gasteiger partial charge is 0.382 e. The third-order valence-electron chi connectivity index (χ3n) is 3.24. The van der Waals surface area contributed by atoms with E-state index >= 15 is 0 Å². The Morgan fingerprint density at radius 1 is 1.27 bits per heavy atom. The summed E-state index contributed by atoms with van der Waals surface area (Å²) in [4.78, 5) is 0. The third kappa shape index (κ3) is 2.90. The standard InChI is InChI=1S/C15H14FNO4S/c1-2-20-13-5-3-10(4-6-13)14-8-12(16)7-11-9-17-22(18,19)21-15(11)14/h3-8,17H,2,9H2,1H3. The van der Waals surface area contributed by atoms with Gasteiger partial charge in [-0.25, -0.2) is 4.39 Å². The fourth-order valence-electron chi connectivity index (χ4n) is 2.30. The van der Waals surface area contributed by atoms with Gasteiger partial charge in [0.1, 0.15) is 11.6 Å². The van der Waals surface area contributed by atoms with Crippen molar-refractivity contribution in [3.05, 3.63) is 47.8 Å². The van der Waals surface area contributed by atoms with Gasteiger partial charge in [-0.3, -0.25) is 0 Å². The first kappa shape index (κ1) is 14.8. The SMILES string of the molecule is CCOc1ccc(-c2cc(F)cc3c2OS(=O)(=O)NC3)cc1. The van der Waals surface area contributed by atoms with Crippen molar-refractivity contribution in [1.29, 1.82) is 0 Å². The molecule has 5 nitrogen and oxygen atoms in total. The van der Waals surface area contributed by atoms with Crippen LogP contribution in [-0.4, -0.2) is 15.0 Å². The van der Waals surface area contributed by atoms with Gasteiger partial charge >= 0.3 is 10.3 Å². The van der Waals surface area contributed by atoms with Gasteiger partial charge in [-0.15, -0.1) is 0 Å². The second-order valence-corrected chi connectivity index (χ2v) is 6.12. The molecular formula is C15H14FNO4S. The Morgan fingerprint density at radius 2 is 2.00 bits per heavy atom. The molecule has 22 heavy (non-hydrogen) atoms. The summed E-state index contributed by atoms with van der Waals surface area (Å²) >= 11 is 0. The first-order chi connectivity index (χ1) is 10.5. The number of rotatable bonds is 3. The molecule has 116 valence electrons. The molecule has 0 bridgehead atoms. The summed E-state index contributed by atoms with van der Waals surface area (Å²) in [5.41, 5.74) is 1.50. The van der Waals surface area contributed by atoms with Gasteiger partial charge in [0, 0.05) is 17.7 Å². The van der Waals surface area contributed by atoms with Crippen molar-refractivity contribution in [3.63, 3.8) is 0 Å². The molecule has 0 radical (unpaired) electrons. The lowest BCUT2D eigenvalue weighted by atomic mass is 10.0. The van der Waals surface area contributed by atoms with Gasteiger partial charge in [0.05, 0.1) is 6.61 Å². The van der Waals surface area contributed by atoms with Crippen molar-refractivity contribution in [3.8, 4) is 22.6 Å². The van der Waals surface area contributed by atoms with Crippen LogP contribution in [0, 0.1) is 5.82 Å². The summed E-state index contributed by atoms with van der Waals surface area (Å²) in [5.74, 6) is 0.392. The van der Waals surface area contributed by atoms with Gasteiger partial charge in [-0.2, -0.15) is 13.1 Å². The molecule has 0 saturated carbocycles. The van der Waals surface area contributed by atoms with E-state index in [2.05, 4.69) is 4.72 Å². The minimum absolute atomic E-state index is 0.000540. The van der Waals surface area contributed by atoms with E-state index in [9.17, 15) is 12.8 Å². The highest BCUT2D eigenvalue weighted by atomic mass is 32.2. The highest BCUT2D eigenvalue weighted by Gasteiger charge is 2.26. The maximum Gasteiger partial charge on any atom is 0.382 e. The molecule has 2 aromatic carbocycles. The second-order valence-electron chi connectivity index (χ2n) is 4.76. The minimum atomic E-state index is -3.85. The third-order valence-corrected chi connectivity index (χ3v) is 4.12. The molecule has 2 aromatic rings. The Kier molecular flexibility index (Phi) is 3.76. The van der Waals surface area contributed by atoms with Crippen molar-refractivity contribution >= 4 is 10.3 Å². The summed E-state index contributed by atoms with van der Waals surface area (Å²) < 4.78 is 49.5. The number of hydrogen-bond donors (Lipinski definition) is 1. The molecule has 1 N–H and O–H groups in total. The van der Waals surface area contributed by atoms with Crippen LogP contribution in [0.5, 0.6) is 11.5 Å². The Hall–Kier alpha value is -2.12. The van der Waals surface area contributed by atoms with Crippen LogP contribution >= 0.6 is 0 Å². The van der Waals surface area contributed by atoms with Crippen LogP contribution in [0.2, 0.25) is 0 Å². The van der Waals surface area contributed by atoms with Crippen LogP contribution < -0.4 is 13.6 Å². The summed E-state index contributed by atoms with van der Waals surface area (Å²) in [7, 11) is -3.85. The van der Waals surface area contributed by atoms with E-state index in [1.807, 2.05) is 6.92 Å². The van der Waals surface area contributed by atoms with E-state index < -0.39 is 16.1 Å². The van der Waals surface area contributed by atoms with Crippen molar-refractivity contribution < 1.29 is 21.7 Å². The van der Waals surface area contributed by atoms with Crippen molar-refractivity contribution in [2.45, 2.75) is 13.5 Å². The maximum atomic E-state index is 13.8.